The summed E-state index contributed by atoms with van der Waals surface area (Å²) < 4.78 is 0.945. The molecule has 0 fully saturated rings. The van der Waals surface area contributed by atoms with Crippen molar-refractivity contribution < 1.29 is 9.59 Å². The van der Waals surface area contributed by atoms with Gasteiger partial charge in [0.15, 0.2) is 0 Å². The summed E-state index contributed by atoms with van der Waals surface area (Å²) in [4.78, 5) is 27.5. The highest BCUT2D eigenvalue weighted by Crippen LogP contribution is 2.26. The molecule has 2 amide bonds. The third-order valence-corrected chi connectivity index (χ3v) is 5.56. The average molecular weight is 500 g/mol. The first kappa shape index (κ1) is 23.7. The molecule has 0 radical (unpaired) electrons. The van der Waals surface area contributed by atoms with Crippen molar-refractivity contribution in [2.75, 3.05) is 0 Å². The second-order valence-electron chi connectivity index (χ2n) is 7.94. The van der Waals surface area contributed by atoms with E-state index in [9.17, 15) is 9.59 Å². The van der Waals surface area contributed by atoms with Crippen LogP contribution in [0.4, 0.5) is 0 Å². The van der Waals surface area contributed by atoms with Crippen molar-refractivity contribution in [3.8, 4) is 0 Å². The molecule has 0 saturated carbocycles. The van der Waals surface area contributed by atoms with Gasteiger partial charge in [-0.2, -0.15) is 0 Å². The molecular formula is C22H25BrCl2N2O2. The van der Waals surface area contributed by atoms with Crippen molar-refractivity contribution in [2.24, 2.45) is 0 Å². The third-order valence-electron chi connectivity index (χ3n) is 4.32. The van der Waals surface area contributed by atoms with Crippen molar-refractivity contribution in [1.82, 2.24) is 10.2 Å². The molecule has 0 aliphatic heterocycles. The molecule has 0 bridgehead atoms. The Morgan fingerprint density at radius 2 is 1.62 bits per heavy atom. The summed E-state index contributed by atoms with van der Waals surface area (Å²) in [5.41, 5.74) is 1.08. The molecule has 2 rings (SSSR count). The minimum absolute atomic E-state index is 0.0160. The Hall–Kier alpha value is -1.56. The molecule has 1 N–H and O–H groups in total. The fourth-order valence-electron chi connectivity index (χ4n) is 2.80. The Kier molecular flexibility index (Phi) is 8.15. The molecule has 0 aromatic heterocycles. The first-order valence-corrected chi connectivity index (χ1v) is 10.8. The van der Waals surface area contributed by atoms with Crippen LogP contribution in [-0.2, 0) is 22.6 Å². The number of nitrogens with zero attached hydrogens (tertiary/aromatic N) is 1. The summed E-state index contributed by atoms with van der Waals surface area (Å²) in [7, 11) is 0. The predicted molar refractivity (Wildman–Crippen MR) is 122 cm³/mol. The van der Waals surface area contributed by atoms with Crippen molar-refractivity contribution in [2.45, 2.75) is 52.2 Å². The summed E-state index contributed by atoms with van der Waals surface area (Å²) in [6.45, 7) is 7.74. The lowest BCUT2D eigenvalue weighted by molar-refractivity contribution is -0.140. The Labute approximate surface area is 190 Å². The van der Waals surface area contributed by atoms with Gasteiger partial charge in [0, 0.05) is 26.6 Å². The van der Waals surface area contributed by atoms with Crippen LogP contribution in [0.3, 0.4) is 0 Å². The Morgan fingerprint density at radius 1 is 1.07 bits per heavy atom. The standard InChI is InChI=1S/C22H25BrCl2N2O2/c1-14(21(29)26-22(2,3)4)27(13-15-8-10-16(23)11-9-15)20(28)12-17-18(24)6-5-7-19(17)25/h5-11,14H,12-13H2,1-4H3,(H,26,29)/t14-/m0/s1. The van der Waals surface area contributed by atoms with Crippen LogP contribution in [0.2, 0.25) is 10.0 Å². The SMILES string of the molecule is C[C@@H](C(=O)NC(C)(C)C)N(Cc1ccc(Br)cc1)C(=O)Cc1c(Cl)cccc1Cl. The molecule has 0 saturated heterocycles. The van der Waals surface area contributed by atoms with Crippen molar-refractivity contribution in [3.05, 3.63) is 68.1 Å². The fraction of sp³-hybridized carbons (Fsp3) is 0.364. The zero-order valence-electron chi connectivity index (χ0n) is 16.9. The predicted octanol–water partition coefficient (Wildman–Crippen LogP) is 5.63. The van der Waals surface area contributed by atoms with Gasteiger partial charge in [-0.3, -0.25) is 9.59 Å². The van der Waals surface area contributed by atoms with Crippen LogP contribution >= 0.6 is 39.1 Å². The number of hydrogen-bond donors (Lipinski definition) is 1. The van der Waals surface area contributed by atoms with Crippen LogP contribution in [0, 0.1) is 0 Å². The van der Waals surface area contributed by atoms with Gasteiger partial charge in [0.2, 0.25) is 11.8 Å². The van der Waals surface area contributed by atoms with E-state index in [-0.39, 0.29) is 18.2 Å². The van der Waals surface area contributed by atoms with E-state index in [2.05, 4.69) is 21.2 Å². The maximum Gasteiger partial charge on any atom is 0.242 e. The number of carbonyl (C=O) groups excluding carboxylic acids is 2. The number of hydrogen-bond acceptors (Lipinski definition) is 2. The number of benzene rings is 2. The molecule has 0 heterocycles. The largest absolute Gasteiger partial charge is 0.350 e. The summed E-state index contributed by atoms with van der Waals surface area (Å²) in [5, 5.41) is 3.81. The summed E-state index contributed by atoms with van der Waals surface area (Å²) >= 11 is 15.9. The maximum absolute atomic E-state index is 13.2. The summed E-state index contributed by atoms with van der Waals surface area (Å²) in [6, 6.07) is 12.1. The van der Waals surface area contributed by atoms with E-state index in [0.717, 1.165) is 10.0 Å². The van der Waals surface area contributed by atoms with E-state index >= 15 is 0 Å². The van der Waals surface area contributed by atoms with Gasteiger partial charge in [-0.1, -0.05) is 57.3 Å². The van der Waals surface area contributed by atoms with Gasteiger partial charge < -0.3 is 10.2 Å². The molecule has 2 aromatic carbocycles. The first-order valence-electron chi connectivity index (χ1n) is 9.27. The second kappa shape index (κ2) is 9.96. The molecule has 0 unspecified atom stereocenters. The zero-order chi connectivity index (χ0) is 21.8. The summed E-state index contributed by atoms with van der Waals surface area (Å²) in [6.07, 6.45) is 0.0160. The molecule has 156 valence electrons. The van der Waals surface area contributed by atoms with E-state index < -0.39 is 11.6 Å². The van der Waals surface area contributed by atoms with Crippen LogP contribution in [0.15, 0.2) is 46.9 Å². The van der Waals surface area contributed by atoms with E-state index in [1.54, 1.807) is 30.0 Å². The molecule has 0 aliphatic rings. The molecule has 0 aliphatic carbocycles. The molecule has 29 heavy (non-hydrogen) atoms. The maximum atomic E-state index is 13.2. The zero-order valence-corrected chi connectivity index (χ0v) is 20.0. The lowest BCUT2D eigenvalue weighted by atomic mass is 10.1. The molecule has 4 nitrogen and oxygen atoms in total. The lowest BCUT2D eigenvalue weighted by Crippen LogP contribution is -2.52. The summed E-state index contributed by atoms with van der Waals surface area (Å²) in [5.74, 6) is -0.437. The van der Waals surface area contributed by atoms with Crippen LogP contribution in [0.25, 0.3) is 0 Å². The van der Waals surface area contributed by atoms with Crippen LogP contribution in [0.5, 0.6) is 0 Å². The quantitative estimate of drug-likeness (QED) is 0.559. The number of amides is 2. The van der Waals surface area contributed by atoms with E-state index in [1.165, 1.54) is 0 Å². The van der Waals surface area contributed by atoms with E-state index in [1.807, 2.05) is 45.0 Å². The van der Waals surface area contributed by atoms with Gasteiger partial charge in [0.25, 0.3) is 0 Å². The van der Waals surface area contributed by atoms with E-state index in [0.29, 0.717) is 22.2 Å². The van der Waals surface area contributed by atoms with E-state index in [4.69, 9.17) is 23.2 Å². The molecular weight excluding hydrogens is 475 g/mol. The monoisotopic (exact) mass is 498 g/mol. The van der Waals surface area contributed by atoms with Crippen LogP contribution in [-0.4, -0.2) is 28.3 Å². The minimum Gasteiger partial charge on any atom is -0.350 e. The van der Waals surface area contributed by atoms with Gasteiger partial charge >= 0.3 is 0 Å². The Morgan fingerprint density at radius 3 is 2.14 bits per heavy atom. The van der Waals surface area contributed by atoms with Crippen LogP contribution < -0.4 is 5.32 Å². The van der Waals surface area contributed by atoms with Crippen LogP contribution in [0.1, 0.15) is 38.8 Å². The highest BCUT2D eigenvalue weighted by molar-refractivity contribution is 9.10. The topological polar surface area (TPSA) is 49.4 Å². The molecule has 7 heteroatoms. The van der Waals surface area contributed by atoms with Gasteiger partial charge in [-0.25, -0.2) is 0 Å². The Bertz CT molecular complexity index is 859. The average Bonchev–Trinajstić information content (AvgIpc) is 2.62. The fourth-order valence-corrected chi connectivity index (χ4v) is 3.59. The lowest BCUT2D eigenvalue weighted by Gasteiger charge is -2.31. The molecule has 2 aromatic rings. The highest BCUT2D eigenvalue weighted by Gasteiger charge is 2.29. The van der Waals surface area contributed by atoms with Crippen molar-refractivity contribution >= 4 is 50.9 Å². The number of halogens is 3. The number of carbonyl (C=O) groups is 2. The first-order chi connectivity index (χ1) is 13.5. The smallest absolute Gasteiger partial charge is 0.242 e. The highest BCUT2D eigenvalue weighted by atomic mass is 79.9. The van der Waals surface area contributed by atoms with Gasteiger partial charge in [-0.15, -0.1) is 0 Å². The van der Waals surface area contributed by atoms with Gasteiger partial charge in [-0.05, 0) is 63.1 Å². The minimum atomic E-state index is -0.661. The van der Waals surface area contributed by atoms with Gasteiger partial charge in [0.1, 0.15) is 6.04 Å². The molecule has 1 atom stereocenters. The third kappa shape index (κ3) is 7.02. The normalized spacial score (nSPS) is 12.4. The Balaban J connectivity index is 2.30. The van der Waals surface area contributed by atoms with Crippen molar-refractivity contribution in [1.29, 1.82) is 0 Å². The van der Waals surface area contributed by atoms with Gasteiger partial charge in [0.05, 0.1) is 6.42 Å². The van der Waals surface area contributed by atoms with Crippen molar-refractivity contribution in [3.63, 3.8) is 0 Å². The second-order valence-corrected chi connectivity index (χ2v) is 9.67. The molecule has 0 spiro atoms. The number of nitrogens with one attached hydrogen (secondary N) is 1. The number of rotatable bonds is 6.